The molecule has 1 aromatic heterocycles. The Bertz CT molecular complexity index is 591. The SMILES string of the molecule is COc1nc(NCCCOC(=O)NC(C)(C)C)nc(OC)c1[N+](=O)[O-]. The van der Waals surface area contributed by atoms with E-state index in [9.17, 15) is 14.9 Å². The third-order valence-electron chi connectivity index (χ3n) is 2.70. The Morgan fingerprint density at radius 3 is 2.20 bits per heavy atom. The normalized spacial score (nSPS) is 10.8. The summed E-state index contributed by atoms with van der Waals surface area (Å²) in [6.07, 6.45) is -0.00912. The molecule has 0 aromatic carbocycles. The van der Waals surface area contributed by atoms with E-state index in [0.29, 0.717) is 13.0 Å². The van der Waals surface area contributed by atoms with Crippen molar-refractivity contribution in [1.82, 2.24) is 15.3 Å². The van der Waals surface area contributed by atoms with E-state index in [-0.39, 0.29) is 29.9 Å². The number of rotatable bonds is 8. The summed E-state index contributed by atoms with van der Waals surface area (Å²) in [4.78, 5) is 29.7. The molecule has 1 aromatic rings. The highest BCUT2D eigenvalue weighted by atomic mass is 16.6. The zero-order chi connectivity index (χ0) is 19.0. The van der Waals surface area contributed by atoms with Gasteiger partial charge in [0.1, 0.15) is 0 Å². The summed E-state index contributed by atoms with van der Waals surface area (Å²) in [6, 6.07) is 0. The molecule has 0 atom stereocenters. The van der Waals surface area contributed by atoms with Gasteiger partial charge in [-0.15, -0.1) is 0 Å². The molecule has 0 aliphatic carbocycles. The highest BCUT2D eigenvalue weighted by Crippen LogP contribution is 2.34. The number of methoxy groups -OCH3 is 2. The highest BCUT2D eigenvalue weighted by molar-refractivity contribution is 5.68. The average Bonchev–Trinajstić information content (AvgIpc) is 2.51. The van der Waals surface area contributed by atoms with Crippen LogP contribution in [0.15, 0.2) is 0 Å². The van der Waals surface area contributed by atoms with Crippen molar-refractivity contribution in [3.05, 3.63) is 10.1 Å². The summed E-state index contributed by atoms with van der Waals surface area (Å²) in [5.74, 6) is -0.307. The van der Waals surface area contributed by atoms with E-state index in [1.54, 1.807) is 0 Å². The molecule has 1 rings (SSSR count). The quantitative estimate of drug-likeness (QED) is 0.404. The molecule has 2 N–H and O–H groups in total. The van der Waals surface area contributed by atoms with E-state index >= 15 is 0 Å². The topological polar surface area (TPSA) is 138 Å². The summed E-state index contributed by atoms with van der Waals surface area (Å²) in [7, 11) is 2.53. The molecule has 0 fully saturated rings. The van der Waals surface area contributed by atoms with Crippen molar-refractivity contribution in [2.45, 2.75) is 32.7 Å². The first kappa shape index (κ1) is 20.2. The zero-order valence-electron chi connectivity index (χ0n) is 14.9. The van der Waals surface area contributed by atoms with Gasteiger partial charge in [-0.2, -0.15) is 9.97 Å². The molecular weight excluding hydrogens is 334 g/mol. The molecule has 11 nitrogen and oxygen atoms in total. The second-order valence-electron chi connectivity index (χ2n) is 5.96. The van der Waals surface area contributed by atoms with E-state index in [0.717, 1.165) is 0 Å². The number of nitrogens with zero attached hydrogens (tertiary/aromatic N) is 3. The van der Waals surface area contributed by atoms with Crippen LogP contribution in [0.4, 0.5) is 16.4 Å². The molecular formula is C14H23N5O6. The molecule has 0 bridgehead atoms. The van der Waals surface area contributed by atoms with Crippen molar-refractivity contribution < 1.29 is 23.9 Å². The first-order chi connectivity index (χ1) is 11.7. The standard InChI is InChI=1S/C14H23N5O6/c1-14(2,3)18-13(20)25-8-6-7-15-12-16-10(23-4)9(19(21)22)11(17-12)24-5/h6-8H2,1-5H3,(H,18,20)(H,15,16,17). The molecule has 0 radical (unpaired) electrons. The zero-order valence-corrected chi connectivity index (χ0v) is 14.9. The molecule has 0 aliphatic heterocycles. The molecule has 11 heteroatoms. The van der Waals surface area contributed by atoms with E-state index in [1.807, 2.05) is 20.8 Å². The lowest BCUT2D eigenvalue weighted by molar-refractivity contribution is -0.387. The minimum atomic E-state index is -0.677. The molecule has 25 heavy (non-hydrogen) atoms. The molecule has 1 heterocycles. The Balaban J connectivity index is 2.55. The number of carbonyl (C=O) groups is 1. The van der Waals surface area contributed by atoms with Crippen molar-refractivity contribution in [3.63, 3.8) is 0 Å². The fourth-order valence-electron chi connectivity index (χ4n) is 1.71. The summed E-state index contributed by atoms with van der Waals surface area (Å²) in [5.41, 5.74) is -0.813. The lowest BCUT2D eigenvalue weighted by atomic mass is 10.1. The van der Waals surface area contributed by atoms with Crippen molar-refractivity contribution in [2.75, 3.05) is 32.7 Å². The maximum absolute atomic E-state index is 11.5. The largest absolute Gasteiger partial charge is 0.476 e. The van der Waals surface area contributed by atoms with Crippen molar-refractivity contribution in [2.24, 2.45) is 0 Å². The number of aromatic nitrogens is 2. The number of anilines is 1. The van der Waals surface area contributed by atoms with Crippen LogP contribution < -0.4 is 20.1 Å². The Hall–Kier alpha value is -2.85. The smallest absolute Gasteiger partial charge is 0.407 e. The predicted molar refractivity (Wildman–Crippen MR) is 89.1 cm³/mol. The van der Waals surface area contributed by atoms with Crippen molar-refractivity contribution in [1.29, 1.82) is 0 Å². The molecule has 1 amide bonds. The van der Waals surface area contributed by atoms with Crippen molar-refractivity contribution >= 4 is 17.7 Å². The van der Waals surface area contributed by atoms with Crippen LogP contribution in [0, 0.1) is 10.1 Å². The summed E-state index contributed by atoms with van der Waals surface area (Å²) >= 11 is 0. The number of nitrogens with one attached hydrogen (secondary N) is 2. The van der Waals surface area contributed by atoms with Crippen LogP contribution in [-0.2, 0) is 4.74 Å². The Morgan fingerprint density at radius 1 is 1.20 bits per heavy atom. The molecule has 0 aliphatic rings. The van der Waals surface area contributed by atoms with E-state index in [4.69, 9.17) is 14.2 Å². The first-order valence-corrected chi connectivity index (χ1v) is 7.51. The number of hydrogen-bond donors (Lipinski definition) is 2. The fraction of sp³-hybridized carbons (Fsp3) is 0.643. The van der Waals surface area contributed by atoms with Crippen LogP contribution in [0.3, 0.4) is 0 Å². The minimum Gasteiger partial charge on any atom is -0.476 e. The lowest BCUT2D eigenvalue weighted by Crippen LogP contribution is -2.41. The fourth-order valence-corrected chi connectivity index (χ4v) is 1.71. The van der Waals surface area contributed by atoms with Gasteiger partial charge in [-0.3, -0.25) is 10.1 Å². The Morgan fingerprint density at radius 2 is 1.76 bits per heavy atom. The van der Waals surface area contributed by atoms with E-state index in [2.05, 4.69) is 20.6 Å². The summed E-state index contributed by atoms with van der Waals surface area (Å²) in [6.45, 7) is 6.12. The Kier molecular flexibility index (Phi) is 7.15. The summed E-state index contributed by atoms with van der Waals surface area (Å²) < 4.78 is 14.8. The van der Waals surface area contributed by atoms with Crippen LogP contribution in [-0.4, -0.2) is 53.9 Å². The highest BCUT2D eigenvalue weighted by Gasteiger charge is 2.26. The Labute approximate surface area is 145 Å². The van der Waals surface area contributed by atoms with Gasteiger partial charge in [0, 0.05) is 12.1 Å². The van der Waals surface area contributed by atoms with Crippen LogP contribution in [0.2, 0.25) is 0 Å². The van der Waals surface area contributed by atoms with E-state index < -0.39 is 16.7 Å². The van der Waals surface area contributed by atoms with Gasteiger partial charge in [-0.05, 0) is 27.2 Å². The average molecular weight is 357 g/mol. The van der Waals surface area contributed by atoms with Crippen molar-refractivity contribution in [3.8, 4) is 11.8 Å². The molecule has 140 valence electrons. The van der Waals surface area contributed by atoms with Crippen LogP contribution >= 0.6 is 0 Å². The minimum absolute atomic E-state index is 0.110. The van der Waals surface area contributed by atoms with Gasteiger partial charge < -0.3 is 24.8 Å². The van der Waals surface area contributed by atoms with Gasteiger partial charge in [0.15, 0.2) is 0 Å². The number of hydrogen-bond acceptors (Lipinski definition) is 9. The van der Waals surface area contributed by atoms with Gasteiger partial charge in [0.2, 0.25) is 5.95 Å². The van der Waals surface area contributed by atoms with Gasteiger partial charge in [0.05, 0.1) is 25.7 Å². The number of amides is 1. The van der Waals surface area contributed by atoms with Crippen LogP contribution in [0.5, 0.6) is 11.8 Å². The third kappa shape index (κ3) is 6.65. The van der Waals surface area contributed by atoms with Gasteiger partial charge >= 0.3 is 23.5 Å². The third-order valence-corrected chi connectivity index (χ3v) is 2.70. The van der Waals surface area contributed by atoms with Crippen LogP contribution in [0.1, 0.15) is 27.2 Å². The predicted octanol–water partition coefficient (Wildman–Crippen LogP) is 1.73. The van der Waals surface area contributed by atoms with Gasteiger partial charge in [-0.1, -0.05) is 0 Å². The molecule has 0 saturated heterocycles. The van der Waals surface area contributed by atoms with E-state index in [1.165, 1.54) is 14.2 Å². The summed E-state index contributed by atoms with van der Waals surface area (Å²) in [5, 5.41) is 16.6. The van der Waals surface area contributed by atoms with Crippen LogP contribution in [0.25, 0.3) is 0 Å². The second kappa shape index (κ2) is 8.85. The molecule has 0 saturated carbocycles. The maximum atomic E-state index is 11.5. The second-order valence-corrected chi connectivity index (χ2v) is 5.96. The molecule has 0 spiro atoms. The van der Waals surface area contributed by atoms with Gasteiger partial charge in [0.25, 0.3) is 0 Å². The maximum Gasteiger partial charge on any atom is 0.407 e. The first-order valence-electron chi connectivity index (χ1n) is 7.51. The molecule has 0 unspecified atom stereocenters. The number of carbonyl (C=O) groups excluding carboxylic acids is 1. The van der Waals surface area contributed by atoms with Gasteiger partial charge in [-0.25, -0.2) is 4.79 Å². The lowest BCUT2D eigenvalue weighted by Gasteiger charge is -2.19. The number of alkyl carbamates (subject to hydrolysis) is 1. The number of nitro groups is 1. The monoisotopic (exact) mass is 357 g/mol. The number of ether oxygens (including phenoxy) is 3.